The van der Waals surface area contributed by atoms with Crippen LogP contribution in [-0.2, 0) is 103 Å². The first-order valence-corrected chi connectivity index (χ1v) is 32.0. The SMILES string of the molecule is COCOC[C@H]1O[C@@H](O[C@H]2[C@@H](O[C@@]3(COC(C)=O)O[C@@H]4CO[Si](C(C)C)(C(C)C)O[Si](C(C)C)(C(C)C)O[C@H]4[C@@H]3OC(=O)c3ccccc3)O[C@H](COC(C)=O)[C@@H](O)[C@@H]2OCOC)[C@H](OC(=O)Nc2ccccc2)[C@@H](OCOC)[C@@H]1OCOC. The summed E-state index contributed by atoms with van der Waals surface area (Å²) in [5, 5.41) is 15.1. The Morgan fingerprint density at radius 3 is 1.77 bits per heavy atom. The van der Waals surface area contributed by atoms with Crippen LogP contribution in [0.2, 0.25) is 22.2 Å². The van der Waals surface area contributed by atoms with Gasteiger partial charge in [0.2, 0.25) is 5.79 Å². The number of para-hydroxylation sites is 1. The molecule has 0 saturated carbocycles. The number of carbonyl (C=O) groups is 4. The lowest BCUT2D eigenvalue weighted by atomic mass is 9.96. The van der Waals surface area contributed by atoms with Gasteiger partial charge in [0.05, 0.1) is 18.8 Å². The van der Waals surface area contributed by atoms with Gasteiger partial charge in [0.25, 0.3) is 0 Å². The van der Waals surface area contributed by atoms with Crippen molar-refractivity contribution >= 4 is 46.8 Å². The minimum Gasteiger partial charge on any atom is -0.463 e. The van der Waals surface area contributed by atoms with Crippen molar-refractivity contribution in [1.29, 1.82) is 0 Å². The van der Waals surface area contributed by atoms with Crippen LogP contribution in [0.1, 0.15) is 79.6 Å². The van der Waals surface area contributed by atoms with Gasteiger partial charge in [-0.3, -0.25) is 14.9 Å². The number of nitrogens with one attached hydrogen (secondary N) is 1. The number of aliphatic hydroxyl groups is 1. The third kappa shape index (κ3) is 16.9. The molecule has 6 rings (SSSR count). The van der Waals surface area contributed by atoms with Gasteiger partial charge in [-0.15, -0.1) is 0 Å². The molecule has 1 amide bonds. The third-order valence-electron chi connectivity index (χ3n) is 14.6. The number of benzene rings is 2. The van der Waals surface area contributed by atoms with Crippen molar-refractivity contribution in [3.05, 3.63) is 66.2 Å². The Kier molecular flexibility index (Phi) is 26.4. The Hall–Kier alpha value is -4.13. The summed E-state index contributed by atoms with van der Waals surface area (Å²) in [6.07, 6.45) is -20.7. The van der Waals surface area contributed by atoms with Crippen LogP contribution in [-0.4, -0.2) is 214 Å². The van der Waals surface area contributed by atoms with Crippen molar-refractivity contribution in [3.63, 3.8) is 0 Å². The predicted octanol–water partition coefficient (Wildman–Crippen LogP) is 5.81. The van der Waals surface area contributed by atoms with Crippen LogP contribution in [0.15, 0.2) is 60.7 Å². The summed E-state index contributed by atoms with van der Waals surface area (Å²) >= 11 is 0. The molecule has 4 heterocycles. The van der Waals surface area contributed by atoms with E-state index in [-0.39, 0.29) is 61.3 Å². The number of esters is 3. The van der Waals surface area contributed by atoms with Gasteiger partial charge in [-0.05, 0) is 46.4 Å². The average molecular weight is 1230 g/mol. The molecule has 4 aliphatic rings. The van der Waals surface area contributed by atoms with E-state index in [1.807, 2.05) is 27.7 Å². The zero-order chi connectivity index (χ0) is 61.4. The second-order valence-corrected chi connectivity index (χ2v) is 30.7. The second kappa shape index (κ2) is 32.2. The summed E-state index contributed by atoms with van der Waals surface area (Å²) in [6, 6.07) is 16.6. The Balaban J connectivity index is 1.59. The van der Waals surface area contributed by atoms with E-state index in [0.29, 0.717) is 5.69 Å². The monoisotopic (exact) mass is 1230 g/mol. The van der Waals surface area contributed by atoms with Gasteiger partial charge in [0, 0.05) is 48.0 Å². The van der Waals surface area contributed by atoms with Crippen LogP contribution < -0.4 is 5.32 Å². The molecule has 0 radical (unpaired) electrons. The summed E-state index contributed by atoms with van der Waals surface area (Å²) in [5.41, 5.74) is -0.165. The van der Waals surface area contributed by atoms with E-state index in [1.54, 1.807) is 60.7 Å². The minimum atomic E-state index is -3.59. The fourth-order valence-corrected chi connectivity index (χ4v) is 21.9. The maximum atomic E-state index is 14.7. The fraction of sp³-hybridized carbons (Fsp3) is 0.714. The summed E-state index contributed by atoms with van der Waals surface area (Å²) in [7, 11) is -1.32. The summed E-state index contributed by atoms with van der Waals surface area (Å²) in [6.45, 7) is 15.4. The predicted molar refractivity (Wildman–Crippen MR) is 298 cm³/mol. The zero-order valence-electron chi connectivity index (χ0n) is 50.5. The Bertz CT molecular complexity index is 2330. The van der Waals surface area contributed by atoms with E-state index in [9.17, 15) is 24.3 Å². The molecule has 2 aromatic carbocycles. The molecule has 0 bridgehead atoms. The highest BCUT2D eigenvalue weighted by Crippen LogP contribution is 2.51. The molecule has 4 aliphatic heterocycles. The topological polar surface area (TPSA) is 285 Å². The molecule has 4 saturated heterocycles. The Morgan fingerprint density at radius 2 is 1.20 bits per heavy atom. The van der Waals surface area contributed by atoms with Gasteiger partial charge in [-0.1, -0.05) is 91.8 Å². The minimum absolute atomic E-state index is 0.0953. The van der Waals surface area contributed by atoms with Gasteiger partial charge in [-0.25, -0.2) is 9.59 Å². The smallest absolute Gasteiger partial charge is 0.412 e. The van der Waals surface area contributed by atoms with Crippen LogP contribution in [0.4, 0.5) is 10.5 Å². The number of methoxy groups -OCH3 is 4. The van der Waals surface area contributed by atoms with Gasteiger partial charge in [0.1, 0.15) is 95.3 Å². The van der Waals surface area contributed by atoms with E-state index in [2.05, 4.69) is 33.0 Å². The maximum absolute atomic E-state index is 14.7. The van der Waals surface area contributed by atoms with E-state index >= 15 is 0 Å². The van der Waals surface area contributed by atoms with Crippen molar-refractivity contribution in [2.24, 2.45) is 0 Å². The molecule has 0 unspecified atom stereocenters. The quantitative estimate of drug-likeness (QED) is 0.0319. The number of hydrogen-bond acceptors (Lipinski definition) is 25. The first kappa shape index (κ1) is 69.0. The molecule has 4 fully saturated rings. The van der Waals surface area contributed by atoms with Crippen molar-refractivity contribution in [3.8, 4) is 0 Å². The number of anilines is 1. The van der Waals surface area contributed by atoms with Crippen molar-refractivity contribution in [1.82, 2.24) is 0 Å². The van der Waals surface area contributed by atoms with Gasteiger partial charge < -0.3 is 98.6 Å². The number of carbonyl (C=O) groups excluding carboxylic acids is 4. The molecule has 26 nitrogen and oxygen atoms in total. The van der Waals surface area contributed by atoms with Gasteiger partial charge in [-0.2, -0.15) is 0 Å². The van der Waals surface area contributed by atoms with Crippen molar-refractivity contribution in [2.75, 3.05) is 87.4 Å². The summed E-state index contributed by atoms with van der Waals surface area (Å²) in [4.78, 5) is 54.6. The molecule has 2 aromatic rings. The van der Waals surface area contributed by atoms with Gasteiger partial charge in [0.15, 0.2) is 24.8 Å². The van der Waals surface area contributed by atoms with Crippen LogP contribution in [0.25, 0.3) is 0 Å². The van der Waals surface area contributed by atoms with Crippen molar-refractivity contribution < 1.29 is 118 Å². The average Bonchev–Trinajstić information content (AvgIpc) is 2.48. The van der Waals surface area contributed by atoms with Gasteiger partial charge >= 0.3 is 41.1 Å². The Labute approximate surface area is 493 Å². The number of aliphatic hydroxyl groups excluding tert-OH is 1. The largest absolute Gasteiger partial charge is 0.463 e. The summed E-state index contributed by atoms with van der Waals surface area (Å²) in [5.74, 6) is -4.81. The normalized spacial score (nSPS) is 30.3. The fourth-order valence-electron chi connectivity index (χ4n) is 10.7. The highest BCUT2D eigenvalue weighted by molar-refractivity contribution is 6.84. The zero-order valence-corrected chi connectivity index (χ0v) is 52.5. The van der Waals surface area contributed by atoms with Crippen molar-refractivity contribution in [2.45, 2.75) is 177 Å². The van der Waals surface area contributed by atoms with Crippen LogP contribution in [0, 0.1) is 0 Å². The van der Waals surface area contributed by atoms with Crippen LogP contribution in [0.5, 0.6) is 0 Å². The number of amides is 1. The molecule has 0 spiro atoms. The molecule has 0 aromatic heterocycles. The highest BCUT2D eigenvalue weighted by atomic mass is 28.5. The molecular weight excluding hydrogens is 1140 g/mol. The first-order valence-electron chi connectivity index (χ1n) is 28.1. The van der Waals surface area contributed by atoms with E-state index in [4.69, 9.17) is 93.5 Å². The third-order valence-corrected chi connectivity index (χ3v) is 24.9. The van der Waals surface area contributed by atoms with Crippen LogP contribution in [0.3, 0.4) is 0 Å². The molecule has 474 valence electrons. The summed E-state index contributed by atoms with van der Waals surface area (Å²) < 4.78 is 127. The number of rotatable bonds is 29. The lowest BCUT2D eigenvalue weighted by molar-refractivity contribution is -0.414. The second-order valence-electron chi connectivity index (χ2n) is 21.8. The van der Waals surface area contributed by atoms with E-state index < -0.39 is 147 Å². The van der Waals surface area contributed by atoms with E-state index in [1.165, 1.54) is 42.3 Å². The molecule has 84 heavy (non-hydrogen) atoms. The van der Waals surface area contributed by atoms with E-state index in [0.717, 1.165) is 0 Å². The Morgan fingerprint density at radius 1 is 0.643 bits per heavy atom. The molecule has 28 heteroatoms. The standard InChI is InChI=1S/C56H87NO25Si2/c1-33(2)83(34(3)4)73-27-43-46(81-84(82-83,35(5)6)36(7)8)51(78-52(61)39-21-17-15-18-22-39)56(79-43,28-69-38(10)59)80-54-49(47(71-31-65-13)44(60)41(74-54)26-68-37(9)58)76-53-50(77-55(62)57-40-23-19-16-20-24-40)48(72-32-66-14)45(70-30-64-12)42(75-53)25-67-29-63-11/h15-24,33-36,41-51,53-54,60H,25-32H2,1-14H3,(H,57,62)/t41-,42-,43-,44-,45-,46-,47+,48+,49-,50-,51+,53+,54-,56-/m1/s1. The first-order chi connectivity index (χ1) is 40.1. The van der Waals surface area contributed by atoms with Crippen LogP contribution >= 0.6 is 0 Å². The number of hydrogen-bond donors (Lipinski definition) is 2. The number of fused-ring (bicyclic) bond motifs is 1. The molecule has 2 N–H and O–H groups in total. The molecule has 14 atom stereocenters. The maximum Gasteiger partial charge on any atom is 0.412 e. The lowest BCUT2D eigenvalue weighted by Gasteiger charge is -2.51. The molecule has 0 aliphatic carbocycles. The number of ether oxygens (including phenoxy) is 17. The highest BCUT2D eigenvalue weighted by Gasteiger charge is 2.68. The lowest BCUT2D eigenvalue weighted by Crippen LogP contribution is -2.68. The molecular formula is C56H87NO25Si2.